The van der Waals surface area contributed by atoms with Gasteiger partial charge in [0.15, 0.2) is 5.75 Å². The molecule has 1 aromatic rings. The smallest absolute Gasteiger partial charge is 0.223 e. The van der Waals surface area contributed by atoms with E-state index >= 15 is 0 Å². The SMILES string of the molecule is CN(CCO)Cc1cc(=O)c(O)cn1C1CCCCC1. The van der Waals surface area contributed by atoms with E-state index in [1.54, 1.807) is 6.20 Å². The number of aromatic nitrogens is 1. The van der Waals surface area contributed by atoms with Crippen LogP contribution >= 0.6 is 0 Å². The lowest BCUT2D eigenvalue weighted by atomic mass is 9.95. The van der Waals surface area contributed by atoms with Crippen molar-refractivity contribution in [3.05, 3.63) is 28.2 Å². The number of rotatable bonds is 5. The third-order valence-corrected chi connectivity index (χ3v) is 4.02. The van der Waals surface area contributed by atoms with Crippen LogP contribution in [0.3, 0.4) is 0 Å². The third kappa shape index (κ3) is 3.61. The minimum Gasteiger partial charge on any atom is -0.503 e. The molecule has 0 atom stereocenters. The second-order valence-corrected chi connectivity index (χ2v) is 5.67. The second kappa shape index (κ2) is 6.90. The molecule has 1 heterocycles. The maximum absolute atomic E-state index is 11.7. The first kappa shape index (κ1) is 15.1. The van der Waals surface area contributed by atoms with Crippen LogP contribution in [0.1, 0.15) is 43.8 Å². The van der Waals surface area contributed by atoms with Crippen LogP contribution < -0.4 is 5.43 Å². The first-order chi connectivity index (χ1) is 9.61. The van der Waals surface area contributed by atoms with Crippen LogP contribution in [0.4, 0.5) is 0 Å². The van der Waals surface area contributed by atoms with Crippen molar-refractivity contribution in [1.82, 2.24) is 9.47 Å². The van der Waals surface area contributed by atoms with E-state index in [9.17, 15) is 9.90 Å². The molecule has 0 amide bonds. The highest BCUT2D eigenvalue weighted by atomic mass is 16.3. The zero-order chi connectivity index (χ0) is 14.5. The summed E-state index contributed by atoms with van der Waals surface area (Å²) < 4.78 is 2.06. The summed E-state index contributed by atoms with van der Waals surface area (Å²) in [5.74, 6) is -0.177. The highest BCUT2D eigenvalue weighted by molar-refractivity contribution is 5.21. The van der Waals surface area contributed by atoms with Gasteiger partial charge in [-0.05, 0) is 19.9 Å². The van der Waals surface area contributed by atoms with E-state index in [2.05, 4.69) is 4.57 Å². The van der Waals surface area contributed by atoms with E-state index in [0.717, 1.165) is 18.5 Å². The van der Waals surface area contributed by atoms with Crippen molar-refractivity contribution in [3.63, 3.8) is 0 Å². The summed E-state index contributed by atoms with van der Waals surface area (Å²) in [4.78, 5) is 13.7. The molecular formula is C15H24N2O3. The Bertz CT molecular complexity index is 492. The molecule has 1 aliphatic rings. The van der Waals surface area contributed by atoms with E-state index in [1.165, 1.54) is 25.3 Å². The molecule has 5 nitrogen and oxygen atoms in total. The fourth-order valence-corrected chi connectivity index (χ4v) is 2.93. The summed E-state index contributed by atoms with van der Waals surface area (Å²) >= 11 is 0. The van der Waals surface area contributed by atoms with Gasteiger partial charge >= 0.3 is 0 Å². The number of pyridine rings is 1. The molecule has 1 saturated carbocycles. The van der Waals surface area contributed by atoms with Gasteiger partial charge in [-0.3, -0.25) is 9.69 Å². The van der Waals surface area contributed by atoms with E-state index in [1.807, 2.05) is 11.9 Å². The van der Waals surface area contributed by atoms with Crippen LogP contribution in [-0.2, 0) is 6.54 Å². The predicted molar refractivity (Wildman–Crippen MR) is 77.9 cm³/mol. The Hall–Kier alpha value is -1.33. The lowest BCUT2D eigenvalue weighted by Crippen LogP contribution is -2.27. The molecule has 2 rings (SSSR count). The summed E-state index contributed by atoms with van der Waals surface area (Å²) in [5, 5.41) is 18.7. The number of hydrogen-bond acceptors (Lipinski definition) is 4. The minimum absolute atomic E-state index is 0.0994. The number of aliphatic hydroxyl groups excluding tert-OH is 1. The van der Waals surface area contributed by atoms with Gasteiger partial charge in [0.2, 0.25) is 5.43 Å². The summed E-state index contributed by atoms with van der Waals surface area (Å²) in [7, 11) is 1.92. The minimum atomic E-state index is -0.329. The molecular weight excluding hydrogens is 256 g/mol. The molecule has 0 bridgehead atoms. The van der Waals surface area contributed by atoms with Crippen LogP contribution in [0, 0.1) is 0 Å². The number of nitrogens with zero attached hydrogens (tertiary/aromatic N) is 2. The fraction of sp³-hybridized carbons (Fsp3) is 0.667. The van der Waals surface area contributed by atoms with E-state index in [-0.39, 0.29) is 17.8 Å². The monoisotopic (exact) mass is 280 g/mol. The summed E-state index contributed by atoms with van der Waals surface area (Å²) in [5.41, 5.74) is 0.583. The Kier molecular flexibility index (Phi) is 5.20. The second-order valence-electron chi connectivity index (χ2n) is 5.67. The van der Waals surface area contributed by atoms with Crippen LogP contribution in [0.5, 0.6) is 5.75 Å². The maximum Gasteiger partial charge on any atom is 0.223 e. The lowest BCUT2D eigenvalue weighted by Gasteiger charge is -2.29. The maximum atomic E-state index is 11.7. The van der Waals surface area contributed by atoms with Crippen molar-refractivity contribution in [2.24, 2.45) is 0 Å². The molecule has 0 spiro atoms. The Balaban J connectivity index is 2.27. The molecule has 0 radical (unpaired) electrons. The average molecular weight is 280 g/mol. The first-order valence-electron chi connectivity index (χ1n) is 7.35. The molecule has 2 N–H and O–H groups in total. The van der Waals surface area contributed by atoms with Gasteiger partial charge in [-0.1, -0.05) is 19.3 Å². The van der Waals surface area contributed by atoms with Gasteiger partial charge in [0, 0.05) is 30.9 Å². The Morgan fingerprint density at radius 2 is 2.05 bits per heavy atom. The highest BCUT2D eigenvalue weighted by Crippen LogP contribution is 2.29. The highest BCUT2D eigenvalue weighted by Gasteiger charge is 2.18. The molecule has 112 valence electrons. The average Bonchev–Trinajstić information content (AvgIpc) is 2.44. The Morgan fingerprint density at radius 3 is 2.70 bits per heavy atom. The molecule has 0 unspecified atom stereocenters. The van der Waals surface area contributed by atoms with Crippen molar-refractivity contribution in [2.45, 2.75) is 44.7 Å². The molecule has 0 saturated heterocycles. The molecule has 1 aromatic heterocycles. The topological polar surface area (TPSA) is 65.7 Å². The van der Waals surface area contributed by atoms with Gasteiger partial charge in [0.1, 0.15) is 0 Å². The van der Waals surface area contributed by atoms with Gasteiger partial charge in [0.25, 0.3) is 0 Å². The zero-order valence-corrected chi connectivity index (χ0v) is 12.1. The van der Waals surface area contributed by atoms with Gasteiger partial charge in [-0.25, -0.2) is 0 Å². The van der Waals surface area contributed by atoms with Crippen LogP contribution in [0.2, 0.25) is 0 Å². The van der Waals surface area contributed by atoms with E-state index in [0.29, 0.717) is 19.1 Å². The third-order valence-electron chi connectivity index (χ3n) is 4.02. The fourth-order valence-electron chi connectivity index (χ4n) is 2.93. The van der Waals surface area contributed by atoms with Crippen LogP contribution in [0.15, 0.2) is 17.1 Å². The quantitative estimate of drug-likeness (QED) is 0.857. The Morgan fingerprint density at radius 1 is 1.35 bits per heavy atom. The van der Waals surface area contributed by atoms with Crippen LogP contribution in [0.25, 0.3) is 0 Å². The lowest BCUT2D eigenvalue weighted by molar-refractivity contribution is 0.211. The Labute approximate surface area is 119 Å². The van der Waals surface area contributed by atoms with Crippen molar-refractivity contribution in [3.8, 4) is 5.75 Å². The number of likely N-dealkylation sites (N-methyl/N-ethyl adjacent to an activating group) is 1. The van der Waals surface area contributed by atoms with Crippen LogP contribution in [-0.4, -0.2) is 39.9 Å². The summed E-state index contributed by atoms with van der Waals surface area (Å²) in [6, 6.07) is 1.89. The molecule has 20 heavy (non-hydrogen) atoms. The van der Waals surface area contributed by atoms with Gasteiger partial charge in [-0.2, -0.15) is 0 Å². The normalized spacial score (nSPS) is 16.8. The zero-order valence-electron chi connectivity index (χ0n) is 12.1. The van der Waals surface area contributed by atoms with Crippen molar-refractivity contribution < 1.29 is 10.2 Å². The van der Waals surface area contributed by atoms with E-state index < -0.39 is 0 Å². The van der Waals surface area contributed by atoms with Crippen molar-refractivity contribution in [2.75, 3.05) is 20.2 Å². The summed E-state index contributed by atoms with van der Waals surface area (Å²) in [6.45, 7) is 1.27. The summed E-state index contributed by atoms with van der Waals surface area (Å²) in [6.07, 6.45) is 7.44. The van der Waals surface area contributed by atoms with Crippen molar-refractivity contribution >= 4 is 0 Å². The van der Waals surface area contributed by atoms with Gasteiger partial charge in [0.05, 0.1) is 12.8 Å². The van der Waals surface area contributed by atoms with E-state index in [4.69, 9.17) is 5.11 Å². The largest absolute Gasteiger partial charge is 0.503 e. The van der Waals surface area contributed by atoms with Gasteiger partial charge in [-0.15, -0.1) is 0 Å². The molecule has 5 heteroatoms. The number of aliphatic hydroxyl groups is 1. The molecule has 1 aliphatic carbocycles. The van der Waals surface area contributed by atoms with Gasteiger partial charge < -0.3 is 14.8 Å². The standard InChI is InChI=1S/C15H24N2O3/c1-16(7-8-18)10-13-9-14(19)15(20)11-17(13)12-5-3-2-4-6-12/h9,11-12,18,20H,2-8,10H2,1H3. The first-order valence-corrected chi connectivity index (χ1v) is 7.35. The number of aromatic hydroxyl groups is 1. The molecule has 0 aliphatic heterocycles. The molecule has 1 fully saturated rings. The predicted octanol–water partition coefficient (Wildman–Crippen LogP) is 1.48. The van der Waals surface area contributed by atoms with Crippen molar-refractivity contribution in [1.29, 1.82) is 0 Å². The molecule has 0 aromatic carbocycles. The number of hydrogen-bond donors (Lipinski definition) is 2.